The van der Waals surface area contributed by atoms with Crippen molar-refractivity contribution in [3.63, 3.8) is 0 Å². The van der Waals surface area contributed by atoms with Crippen LogP contribution in [0.2, 0.25) is 0 Å². The molecule has 3 aromatic rings. The SMILES string of the molecule is Cc1cc(C)c(NC(=O)[C@H](C)n2c(=O)c3c(C)cc(C)nc3n(C)c2=O)c(C)c1. The number of anilines is 1. The van der Waals surface area contributed by atoms with Crippen LogP contribution in [0.15, 0.2) is 27.8 Å². The normalized spacial score (nSPS) is 12.2. The molecule has 0 spiro atoms. The third kappa shape index (κ3) is 3.48. The van der Waals surface area contributed by atoms with Crippen molar-refractivity contribution in [1.29, 1.82) is 0 Å². The van der Waals surface area contributed by atoms with Crippen molar-refractivity contribution in [3.05, 3.63) is 67.0 Å². The number of carbonyl (C=O) groups excluding carboxylic acids is 1. The Balaban J connectivity index is 2.13. The van der Waals surface area contributed by atoms with E-state index >= 15 is 0 Å². The van der Waals surface area contributed by atoms with Gasteiger partial charge in [-0.05, 0) is 64.3 Å². The molecule has 2 aromatic heterocycles. The van der Waals surface area contributed by atoms with Crippen LogP contribution in [0.5, 0.6) is 0 Å². The maximum Gasteiger partial charge on any atom is 0.333 e. The van der Waals surface area contributed by atoms with Gasteiger partial charge in [-0.1, -0.05) is 17.7 Å². The fourth-order valence-corrected chi connectivity index (χ4v) is 3.85. The smallest absolute Gasteiger partial charge is 0.324 e. The zero-order valence-corrected chi connectivity index (χ0v) is 17.9. The fraction of sp³-hybridized carbons (Fsp3) is 0.364. The second-order valence-electron chi connectivity index (χ2n) is 7.73. The van der Waals surface area contributed by atoms with E-state index in [9.17, 15) is 14.4 Å². The second kappa shape index (κ2) is 7.31. The number of nitrogens with zero attached hydrogens (tertiary/aromatic N) is 3. The Bertz CT molecular complexity index is 1240. The van der Waals surface area contributed by atoms with Crippen molar-refractivity contribution < 1.29 is 4.79 Å². The summed E-state index contributed by atoms with van der Waals surface area (Å²) in [6.07, 6.45) is 0. The van der Waals surface area contributed by atoms with Gasteiger partial charge < -0.3 is 5.32 Å². The van der Waals surface area contributed by atoms with Crippen molar-refractivity contribution in [2.24, 2.45) is 7.05 Å². The molecule has 1 amide bonds. The second-order valence-corrected chi connectivity index (χ2v) is 7.73. The summed E-state index contributed by atoms with van der Waals surface area (Å²) in [6, 6.07) is 4.77. The largest absolute Gasteiger partial charge is 0.333 e. The summed E-state index contributed by atoms with van der Waals surface area (Å²) in [5, 5.41) is 3.23. The lowest BCUT2D eigenvalue weighted by atomic mass is 10.0. The third-order valence-corrected chi connectivity index (χ3v) is 5.26. The molecule has 0 saturated heterocycles. The summed E-state index contributed by atoms with van der Waals surface area (Å²) in [6.45, 7) is 11.0. The first kappa shape index (κ1) is 20.5. The monoisotopic (exact) mass is 394 g/mol. The van der Waals surface area contributed by atoms with Gasteiger partial charge in [0, 0.05) is 18.4 Å². The molecule has 7 heteroatoms. The average molecular weight is 394 g/mol. The third-order valence-electron chi connectivity index (χ3n) is 5.26. The predicted molar refractivity (Wildman–Crippen MR) is 115 cm³/mol. The molecule has 1 atom stereocenters. The Kier molecular flexibility index (Phi) is 5.17. The summed E-state index contributed by atoms with van der Waals surface area (Å²) in [7, 11) is 1.56. The van der Waals surface area contributed by atoms with Crippen molar-refractivity contribution in [2.75, 3.05) is 5.32 Å². The Morgan fingerprint density at radius 3 is 2.17 bits per heavy atom. The first-order valence-electron chi connectivity index (χ1n) is 9.51. The molecule has 29 heavy (non-hydrogen) atoms. The Morgan fingerprint density at radius 2 is 1.59 bits per heavy atom. The van der Waals surface area contributed by atoms with Crippen LogP contribution in [0.1, 0.15) is 40.9 Å². The van der Waals surface area contributed by atoms with Gasteiger partial charge in [-0.15, -0.1) is 0 Å². The maximum atomic E-state index is 13.1. The molecule has 1 aromatic carbocycles. The standard InChI is InChI=1S/C22H26N4O3/c1-11-8-13(3)18(14(4)9-11)24-20(27)16(6)26-21(28)17-12(2)10-15(5)23-19(17)25(7)22(26)29/h8-10,16H,1-7H3,(H,24,27)/t16-/m0/s1. The molecule has 0 radical (unpaired) electrons. The number of benzene rings is 1. The van der Waals surface area contributed by atoms with E-state index in [1.165, 1.54) is 4.57 Å². The van der Waals surface area contributed by atoms with Gasteiger partial charge in [0.2, 0.25) is 5.91 Å². The highest BCUT2D eigenvalue weighted by atomic mass is 16.2. The predicted octanol–water partition coefficient (Wildman–Crippen LogP) is 2.84. The van der Waals surface area contributed by atoms with E-state index < -0.39 is 23.2 Å². The molecule has 0 aliphatic rings. The van der Waals surface area contributed by atoms with Crippen LogP contribution in [0, 0.1) is 34.6 Å². The highest BCUT2D eigenvalue weighted by molar-refractivity contribution is 5.95. The Morgan fingerprint density at radius 1 is 1.00 bits per heavy atom. The summed E-state index contributed by atoms with van der Waals surface area (Å²) < 4.78 is 2.32. The van der Waals surface area contributed by atoms with E-state index in [4.69, 9.17) is 0 Å². The quantitative estimate of drug-likeness (QED) is 0.740. The van der Waals surface area contributed by atoms with Gasteiger partial charge in [-0.2, -0.15) is 0 Å². The first-order chi connectivity index (χ1) is 13.5. The first-order valence-corrected chi connectivity index (χ1v) is 9.51. The lowest BCUT2D eigenvalue weighted by Crippen LogP contribution is -2.44. The van der Waals surface area contributed by atoms with Crippen LogP contribution in [-0.2, 0) is 11.8 Å². The zero-order chi connectivity index (χ0) is 21.6. The summed E-state index contributed by atoms with van der Waals surface area (Å²) >= 11 is 0. The van der Waals surface area contributed by atoms with Gasteiger partial charge >= 0.3 is 5.69 Å². The number of pyridine rings is 1. The molecule has 0 fully saturated rings. The lowest BCUT2D eigenvalue weighted by Gasteiger charge is -2.19. The van der Waals surface area contributed by atoms with E-state index in [-0.39, 0.29) is 0 Å². The lowest BCUT2D eigenvalue weighted by molar-refractivity contribution is -0.119. The molecule has 0 unspecified atom stereocenters. The minimum Gasteiger partial charge on any atom is -0.324 e. The molecule has 1 N–H and O–H groups in total. The fourth-order valence-electron chi connectivity index (χ4n) is 3.85. The van der Waals surface area contributed by atoms with E-state index in [0.29, 0.717) is 16.7 Å². The maximum absolute atomic E-state index is 13.1. The van der Waals surface area contributed by atoms with E-state index in [1.807, 2.05) is 39.8 Å². The van der Waals surface area contributed by atoms with Crippen LogP contribution < -0.4 is 16.6 Å². The number of hydrogen-bond acceptors (Lipinski definition) is 4. The van der Waals surface area contributed by atoms with Crippen LogP contribution in [-0.4, -0.2) is 20.0 Å². The summed E-state index contributed by atoms with van der Waals surface area (Å²) in [5.41, 5.74) is 4.35. The van der Waals surface area contributed by atoms with Crippen LogP contribution in [0.4, 0.5) is 5.69 Å². The van der Waals surface area contributed by atoms with E-state index in [1.54, 1.807) is 27.0 Å². The highest BCUT2D eigenvalue weighted by Gasteiger charge is 2.24. The number of aromatic nitrogens is 3. The van der Waals surface area contributed by atoms with Crippen molar-refractivity contribution in [3.8, 4) is 0 Å². The highest BCUT2D eigenvalue weighted by Crippen LogP contribution is 2.23. The van der Waals surface area contributed by atoms with Crippen molar-refractivity contribution in [1.82, 2.24) is 14.1 Å². The zero-order valence-electron chi connectivity index (χ0n) is 17.9. The topological polar surface area (TPSA) is 86.0 Å². The van der Waals surface area contributed by atoms with Gasteiger partial charge in [0.15, 0.2) is 0 Å². The van der Waals surface area contributed by atoms with E-state index in [2.05, 4.69) is 10.3 Å². The molecule has 0 aliphatic carbocycles. The minimum absolute atomic E-state index is 0.326. The van der Waals surface area contributed by atoms with Crippen LogP contribution in [0.3, 0.4) is 0 Å². The number of aryl methyl sites for hydroxylation is 6. The van der Waals surface area contributed by atoms with Crippen LogP contribution >= 0.6 is 0 Å². The van der Waals surface area contributed by atoms with Gasteiger partial charge in [-0.25, -0.2) is 14.3 Å². The summed E-state index contributed by atoms with van der Waals surface area (Å²) in [5.74, 6) is -0.420. The molecule has 2 heterocycles. The molecule has 0 saturated carbocycles. The molecule has 152 valence electrons. The molecular formula is C22H26N4O3. The van der Waals surface area contributed by atoms with Gasteiger partial charge in [0.05, 0.1) is 5.39 Å². The molecule has 3 rings (SSSR count). The molecule has 7 nitrogen and oxygen atoms in total. The molecule has 0 bridgehead atoms. The number of hydrogen-bond donors (Lipinski definition) is 1. The molecular weight excluding hydrogens is 368 g/mol. The van der Waals surface area contributed by atoms with Crippen molar-refractivity contribution >= 4 is 22.6 Å². The van der Waals surface area contributed by atoms with Crippen LogP contribution in [0.25, 0.3) is 11.0 Å². The molecule has 0 aliphatic heterocycles. The van der Waals surface area contributed by atoms with Gasteiger partial charge in [-0.3, -0.25) is 14.2 Å². The van der Waals surface area contributed by atoms with Gasteiger partial charge in [0.1, 0.15) is 11.7 Å². The van der Waals surface area contributed by atoms with Crippen molar-refractivity contribution in [2.45, 2.75) is 47.6 Å². The number of amides is 1. The van der Waals surface area contributed by atoms with Gasteiger partial charge in [0.25, 0.3) is 5.56 Å². The average Bonchev–Trinajstić information content (AvgIpc) is 2.61. The number of carbonyl (C=O) groups is 1. The Labute approximate surface area is 169 Å². The minimum atomic E-state index is -0.980. The number of fused-ring (bicyclic) bond motifs is 1. The Hall–Kier alpha value is -3.22. The van der Waals surface area contributed by atoms with E-state index in [0.717, 1.165) is 32.5 Å². The number of rotatable bonds is 3. The number of nitrogens with one attached hydrogen (secondary N) is 1. The summed E-state index contributed by atoms with van der Waals surface area (Å²) in [4.78, 5) is 43.4.